The minimum absolute atomic E-state index is 0.0501. The van der Waals surface area contributed by atoms with Crippen molar-refractivity contribution in [1.29, 1.82) is 0 Å². The van der Waals surface area contributed by atoms with Gasteiger partial charge in [0.05, 0.1) is 5.52 Å². The highest BCUT2D eigenvalue weighted by Gasteiger charge is 2.19. The fraction of sp³-hybridized carbons (Fsp3) is 0.0400. The third kappa shape index (κ3) is 5.00. The zero-order chi connectivity index (χ0) is 24.2. The monoisotopic (exact) mass is 580 g/mol. The topological polar surface area (TPSA) is 96.0 Å². The van der Waals surface area contributed by atoms with E-state index in [1.54, 1.807) is 60.1 Å². The molecule has 0 aliphatic heterocycles. The molecule has 4 aromatic rings. The van der Waals surface area contributed by atoms with Crippen molar-refractivity contribution in [2.45, 2.75) is 0 Å². The van der Waals surface area contributed by atoms with Gasteiger partial charge in [-0.3, -0.25) is 9.59 Å². The van der Waals surface area contributed by atoms with Crippen molar-refractivity contribution in [1.82, 2.24) is 9.88 Å². The molecule has 9 heteroatoms. The number of halogens is 2. The van der Waals surface area contributed by atoms with Gasteiger partial charge < -0.3 is 15.0 Å². The van der Waals surface area contributed by atoms with E-state index in [1.165, 1.54) is 6.08 Å². The highest BCUT2D eigenvalue weighted by Crippen LogP contribution is 2.42. The molecule has 0 saturated heterocycles. The SMILES string of the molecule is Cn1c(O)c(N=NC(=O)/C(=C/c2ccccc2)NC(=O)c2ccccc2)c2cc(Br)cc(Br)c21. The fourth-order valence-electron chi connectivity index (χ4n) is 3.37. The van der Waals surface area contributed by atoms with Crippen molar-refractivity contribution in [2.24, 2.45) is 17.3 Å². The molecule has 0 fully saturated rings. The predicted octanol–water partition coefficient (Wildman–Crippen LogP) is 6.49. The van der Waals surface area contributed by atoms with E-state index in [9.17, 15) is 14.7 Å². The molecule has 3 aromatic carbocycles. The molecular formula is C25H18Br2N4O3. The van der Waals surface area contributed by atoms with Crippen molar-refractivity contribution in [2.75, 3.05) is 0 Å². The minimum atomic E-state index is -0.765. The summed E-state index contributed by atoms with van der Waals surface area (Å²) in [6, 6.07) is 21.2. The summed E-state index contributed by atoms with van der Waals surface area (Å²) >= 11 is 6.90. The van der Waals surface area contributed by atoms with Gasteiger partial charge in [0, 0.05) is 26.9 Å². The van der Waals surface area contributed by atoms with E-state index in [-0.39, 0.29) is 17.3 Å². The summed E-state index contributed by atoms with van der Waals surface area (Å²) in [6.07, 6.45) is 1.53. The van der Waals surface area contributed by atoms with Crippen LogP contribution < -0.4 is 5.32 Å². The van der Waals surface area contributed by atoms with Crippen LogP contribution in [0, 0.1) is 0 Å². The van der Waals surface area contributed by atoms with Gasteiger partial charge in [-0.1, -0.05) is 64.5 Å². The Morgan fingerprint density at radius 1 is 1.00 bits per heavy atom. The van der Waals surface area contributed by atoms with Crippen LogP contribution in [0.25, 0.3) is 17.0 Å². The second kappa shape index (κ2) is 10.1. The van der Waals surface area contributed by atoms with Gasteiger partial charge in [-0.15, -0.1) is 10.2 Å². The Kier molecular flexibility index (Phi) is 7.04. The maximum absolute atomic E-state index is 13.0. The van der Waals surface area contributed by atoms with Gasteiger partial charge in [-0.25, -0.2) is 0 Å². The van der Waals surface area contributed by atoms with Crippen LogP contribution in [0.1, 0.15) is 15.9 Å². The minimum Gasteiger partial charge on any atom is -0.493 e. The Morgan fingerprint density at radius 2 is 1.65 bits per heavy atom. The van der Waals surface area contributed by atoms with E-state index in [4.69, 9.17) is 0 Å². The highest BCUT2D eigenvalue weighted by atomic mass is 79.9. The Labute approximate surface area is 212 Å². The lowest BCUT2D eigenvalue weighted by Gasteiger charge is -2.07. The molecule has 34 heavy (non-hydrogen) atoms. The Hall–Kier alpha value is -3.56. The highest BCUT2D eigenvalue weighted by molar-refractivity contribution is 9.11. The molecule has 7 nitrogen and oxygen atoms in total. The number of aromatic nitrogens is 1. The molecule has 0 unspecified atom stereocenters. The molecule has 0 radical (unpaired) electrons. The van der Waals surface area contributed by atoms with Crippen LogP contribution >= 0.6 is 31.9 Å². The van der Waals surface area contributed by atoms with Crippen LogP contribution in [0.2, 0.25) is 0 Å². The van der Waals surface area contributed by atoms with Gasteiger partial charge in [0.15, 0.2) is 5.69 Å². The zero-order valence-corrected chi connectivity index (χ0v) is 21.0. The maximum atomic E-state index is 13.0. The second-order valence-electron chi connectivity index (χ2n) is 7.31. The maximum Gasteiger partial charge on any atom is 0.311 e. The molecule has 4 rings (SSSR count). The molecule has 0 spiro atoms. The molecule has 0 atom stereocenters. The average Bonchev–Trinajstić information content (AvgIpc) is 3.07. The number of nitrogens with one attached hydrogen (secondary N) is 1. The third-order valence-electron chi connectivity index (χ3n) is 5.01. The molecule has 170 valence electrons. The summed E-state index contributed by atoms with van der Waals surface area (Å²) in [5.74, 6) is -1.36. The molecule has 1 heterocycles. The van der Waals surface area contributed by atoms with Gasteiger partial charge in [0.2, 0.25) is 5.88 Å². The first kappa shape index (κ1) is 23.6. The van der Waals surface area contributed by atoms with E-state index in [0.29, 0.717) is 22.0 Å². The molecule has 2 amide bonds. The molecule has 0 bridgehead atoms. The lowest BCUT2D eigenvalue weighted by atomic mass is 10.1. The number of carbonyl (C=O) groups is 2. The molecule has 1 aromatic heterocycles. The van der Waals surface area contributed by atoms with Crippen molar-refractivity contribution in [3.05, 3.63) is 98.6 Å². The molecule has 2 N–H and O–H groups in total. The van der Waals surface area contributed by atoms with Gasteiger partial charge in [-0.2, -0.15) is 0 Å². The van der Waals surface area contributed by atoms with Crippen molar-refractivity contribution in [3.63, 3.8) is 0 Å². The lowest BCUT2D eigenvalue weighted by molar-refractivity contribution is -0.115. The summed E-state index contributed by atoms with van der Waals surface area (Å²) in [4.78, 5) is 25.7. The number of carbonyl (C=O) groups excluding carboxylic acids is 2. The van der Waals surface area contributed by atoms with Crippen LogP contribution in [0.5, 0.6) is 5.88 Å². The summed E-state index contributed by atoms with van der Waals surface area (Å²) in [6.45, 7) is 0. The van der Waals surface area contributed by atoms with Crippen LogP contribution in [-0.2, 0) is 11.8 Å². The summed E-state index contributed by atoms with van der Waals surface area (Å²) < 4.78 is 3.05. The number of benzene rings is 3. The summed E-state index contributed by atoms with van der Waals surface area (Å²) in [7, 11) is 1.68. The quantitative estimate of drug-likeness (QED) is 0.208. The van der Waals surface area contributed by atoms with Gasteiger partial charge in [0.1, 0.15) is 5.70 Å². The molecule has 0 aliphatic rings. The van der Waals surface area contributed by atoms with Crippen LogP contribution in [0.15, 0.2) is 97.7 Å². The predicted molar refractivity (Wildman–Crippen MR) is 138 cm³/mol. The Bertz CT molecular complexity index is 1450. The van der Waals surface area contributed by atoms with Crippen LogP contribution in [0.4, 0.5) is 5.69 Å². The van der Waals surface area contributed by atoms with E-state index in [1.807, 2.05) is 24.3 Å². The molecular weight excluding hydrogens is 564 g/mol. The average molecular weight is 582 g/mol. The first-order valence-corrected chi connectivity index (χ1v) is 11.7. The number of amides is 2. The van der Waals surface area contributed by atoms with Crippen LogP contribution in [-0.4, -0.2) is 21.5 Å². The second-order valence-corrected chi connectivity index (χ2v) is 9.08. The first-order chi connectivity index (χ1) is 16.3. The number of rotatable bonds is 5. The first-order valence-electron chi connectivity index (χ1n) is 10.1. The number of fused-ring (bicyclic) bond motifs is 1. The standard InChI is InChI=1S/C25H18Br2N4O3/c1-31-22-18(13-17(26)14-19(22)27)21(25(31)34)29-30-24(33)20(12-15-8-4-2-5-9-15)28-23(32)16-10-6-3-7-11-16/h2-14,34H,1H3,(H,28,32)/b20-12-,30-29?. The normalized spacial score (nSPS) is 11.8. The Morgan fingerprint density at radius 3 is 2.32 bits per heavy atom. The van der Waals surface area contributed by atoms with E-state index < -0.39 is 11.8 Å². The molecule has 0 aliphatic carbocycles. The number of aromatic hydroxyl groups is 1. The smallest absolute Gasteiger partial charge is 0.311 e. The number of nitrogens with zero attached hydrogens (tertiary/aromatic N) is 3. The zero-order valence-electron chi connectivity index (χ0n) is 17.9. The molecule has 0 saturated carbocycles. The van der Waals surface area contributed by atoms with Crippen molar-refractivity contribution < 1.29 is 14.7 Å². The lowest BCUT2D eigenvalue weighted by Crippen LogP contribution is -2.26. The van der Waals surface area contributed by atoms with Gasteiger partial charge >= 0.3 is 5.91 Å². The number of hydrogen-bond donors (Lipinski definition) is 2. The van der Waals surface area contributed by atoms with Crippen molar-refractivity contribution >= 4 is 66.3 Å². The number of aryl methyl sites for hydroxylation is 1. The van der Waals surface area contributed by atoms with E-state index in [0.717, 1.165) is 8.95 Å². The van der Waals surface area contributed by atoms with E-state index in [2.05, 4.69) is 47.4 Å². The fourth-order valence-corrected chi connectivity index (χ4v) is 4.86. The third-order valence-corrected chi connectivity index (χ3v) is 6.08. The van der Waals surface area contributed by atoms with Crippen molar-refractivity contribution in [3.8, 4) is 5.88 Å². The van der Waals surface area contributed by atoms with Crippen LogP contribution in [0.3, 0.4) is 0 Å². The van der Waals surface area contributed by atoms with Gasteiger partial charge in [0.25, 0.3) is 5.91 Å². The summed E-state index contributed by atoms with van der Waals surface area (Å²) in [5.41, 5.74) is 1.88. The van der Waals surface area contributed by atoms with Gasteiger partial charge in [-0.05, 0) is 51.8 Å². The number of azo groups is 1. The largest absolute Gasteiger partial charge is 0.493 e. The Balaban J connectivity index is 1.71. The van der Waals surface area contributed by atoms with E-state index >= 15 is 0 Å². The summed E-state index contributed by atoms with van der Waals surface area (Å²) in [5, 5.41) is 21.7. The number of hydrogen-bond acceptors (Lipinski definition) is 4.